The van der Waals surface area contributed by atoms with Gasteiger partial charge in [-0.25, -0.2) is 15.0 Å². The van der Waals surface area contributed by atoms with Gasteiger partial charge < -0.3 is 20.4 Å². The van der Waals surface area contributed by atoms with E-state index in [9.17, 15) is 4.79 Å². The van der Waals surface area contributed by atoms with Gasteiger partial charge in [0.25, 0.3) is 0 Å². The van der Waals surface area contributed by atoms with E-state index in [1.54, 1.807) is 17.5 Å². The summed E-state index contributed by atoms with van der Waals surface area (Å²) in [6.07, 6.45) is 18.1. The predicted octanol–water partition coefficient (Wildman–Crippen LogP) is 6.18. The maximum atomic E-state index is 12.7. The molecule has 11 nitrogen and oxygen atoms in total. The number of anilines is 2. The Morgan fingerprint density at radius 1 is 1.02 bits per heavy atom. The normalized spacial score (nSPS) is 29.4. The molecule has 13 heteroatoms. The van der Waals surface area contributed by atoms with Crippen LogP contribution >= 0.6 is 23.1 Å². The number of pyridine rings is 1. The molecule has 0 spiro atoms. The first kappa shape index (κ1) is 36.6. The zero-order chi connectivity index (χ0) is 37.5. The van der Waals surface area contributed by atoms with Crippen molar-refractivity contribution >= 4 is 68.2 Å². The second kappa shape index (κ2) is 15.8. The monoisotopic (exact) mass is 776 g/mol. The van der Waals surface area contributed by atoms with Crippen molar-refractivity contribution in [2.75, 3.05) is 69.7 Å². The average Bonchev–Trinajstić information content (AvgIpc) is 4.02. The van der Waals surface area contributed by atoms with E-state index in [1.165, 1.54) is 25.7 Å². The Balaban J connectivity index is 0.773. The molecule has 5 aliphatic heterocycles. The number of thiazole rings is 1. The number of hydrogen-bond acceptors (Lipinski definition) is 12. The summed E-state index contributed by atoms with van der Waals surface area (Å²) < 4.78 is 1.13. The fraction of sp³-hybridized carbons (Fsp3) is 0.524. The lowest BCUT2D eigenvalue weighted by molar-refractivity contribution is -0.120. The lowest BCUT2D eigenvalue weighted by Gasteiger charge is -2.32. The molecule has 55 heavy (non-hydrogen) atoms. The molecule has 288 valence electrons. The molecule has 6 unspecified atom stereocenters. The molecule has 0 radical (unpaired) electrons. The Hall–Kier alpha value is -4.07. The summed E-state index contributed by atoms with van der Waals surface area (Å²) in [5.74, 6) is 4.30. The average molecular weight is 777 g/mol. The van der Waals surface area contributed by atoms with E-state index in [1.807, 2.05) is 49.2 Å². The van der Waals surface area contributed by atoms with Crippen LogP contribution in [-0.2, 0) is 4.79 Å². The van der Waals surface area contributed by atoms with Crippen LogP contribution in [0.4, 0.5) is 11.5 Å². The van der Waals surface area contributed by atoms with E-state index in [0.717, 1.165) is 107 Å². The van der Waals surface area contributed by atoms with Crippen molar-refractivity contribution in [2.45, 2.75) is 62.2 Å². The van der Waals surface area contributed by atoms with Gasteiger partial charge in [0, 0.05) is 87.4 Å². The van der Waals surface area contributed by atoms with Crippen LogP contribution in [0.25, 0.3) is 10.2 Å². The molecule has 6 atom stereocenters. The molecule has 1 amide bonds. The van der Waals surface area contributed by atoms with Crippen molar-refractivity contribution in [3.05, 3.63) is 70.8 Å². The number of piperazine rings is 1. The number of aromatic nitrogens is 2. The molecule has 3 aromatic rings. The smallest absolute Gasteiger partial charge is 0.241 e. The van der Waals surface area contributed by atoms with Crippen molar-refractivity contribution in [3.8, 4) is 0 Å². The second-order valence-electron chi connectivity index (χ2n) is 16.1. The molecule has 1 saturated carbocycles. The third-order valence-corrected chi connectivity index (χ3v) is 15.2. The fourth-order valence-corrected chi connectivity index (χ4v) is 11.9. The van der Waals surface area contributed by atoms with Gasteiger partial charge in [-0.2, -0.15) is 0 Å². The number of hydrogen-bond donors (Lipinski definition) is 1. The van der Waals surface area contributed by atoms with Gasteiger partial charge in [-0.05, 0) is 112 Å². The number of nitrogens with two attached hydrogens (primary N) is 1. The number of aliphatic imine (C=N–C) groups is 3. The maximum Gasteiger partial charge on any atom is 0.241 e. The van der Waals surface area contributed by atoms with Crippen LogP contribution in [-0.4, -0.2) is 114 Å². The summed E-state index contributed by atoms with van der Waals surface area (Å²) in [4.78, 5) is 46.0. The Morgan fingerprint density at radius 2 is 1.87 bits per heavy atom. The molecule has 2 aromatic heterocycles. The number of likely N-dealkylation sites (tertiary alicyclic amines) is 1. The Bertz CT molecular complexity index is 2060. The van der Waals surface area contributed by atoms with Gasteiger partial charge in [-0.3, -0.25) is 19.7 Å². The molecule has 1 aliphatic carbocycles. The summed E-state index contributed by atoms with van der Waals surface area (Å²) in [6, 6.07) is 11.0. The summed E-state index contributed by atoms with van der Waals surface area (Å²) in [7, 11) is 3.81. The number of amides is 1. The molecule has 9 rings (SSSR count). The summed E-state index contributed by atoms with van der Waals surface area (Å²) in [5, 5.41) is 2.77. The minimum Gasteiger partial charge on any atom is -0.404 e. The topological polar surface area (TPSA) is 119 Å². The van der Waals surface area contributed by atoms with Gasteiger partial charge in [0.05, 0.1) is 27.8 Å². The number of benzene rings is 1. The zero-order valence-electron chi connectivity index (χ0n) is 32.0. The van der Waals surface area contributed by atoms with E-state index in [2.05, 4.69) is 56.2 Å². The third kappa shape index (κ3) is 7.59. The molecule has 6 aliphatic rings. The first-order valence-electron chi connectivity index (χ1n) is 20.1. The largest absolute Gasteiger partial charge is 0.404 e. The van der Waals surface area contributed by atoms with Crippen LogP contribution in [0.2, 0.25) is 0 Å². The zero-order valence-corrected chi connectivity index (χ0v) is 33.6. The molecule has 3 saturated heterocycles. The van der Waals surface area contributed by atoms with E-state index in [0.29, 0.717) is 35.6 Å². The minimum absolute atomic E-state index is 0.155. The molecule has 7 heterocycles. The molecule has 4 fully saturated rings. The number of allylic oxidation sites excluding steroid dienone is 2. The highest BCUT2D eigenvalue weighted by Crippen LogP contribution is 2.42. The van der Waals surface area contributed by atoms with Gasteiger partial charge in [-0.1, -0.05) is 6.42 Å². The van der Waals surface area contributed by atoms with Gasteiger partial charge >= 0.3 is 0 Å². The van der Waals surface area contributed by atoms with Crippen LogP contribution in [0.5, 0.6) is 0 Å². The number of carbonyl (C=O) groups is 1. The van der Waals surface area contributed by atoms with Crippen LogP contribution in [0.1, 0.15) is 61.4 Å². The van der Waals surface area contributed by atoms with Crippen molar-refractivity contribution < 1.29 is 4.79 Å². The lowest BCUT2D eigenvalue weighted by atomic mass is 9.91. The molecular formula is C42H52N10OS2. The van der Waals surface area contributed by atoms with Crippen molar-refractivity contribution in [1.82, 2.24) is 19.8 Å². The van der Waals surface area contributed by atoms with E-state index in [4.69, 9.17) is 25.7 Å². The first-order valence-corrected chi connectivity index (χ1v) is 21.8. The highest BCUT2D eigenvalue weighted by molar-refractivity contribution is 8.15. The highest BCUT2D eigenvalue weighted by atomic mass is 32.2. The number of carbonyl (C=O) groups excluding carboxylic acids is 1. The van der Waals surface area contributed by atoms with Crippen molar-refractivity contribution in [3.63, 3.8) is 0 Å². The standard InChI is InChI=1S/C42H52N10OS2/c1-44-21-32(20-43)27-4-3-5-36-35(18-27)48-42(54-36)29-7-11-39(46-23-29)51-15-13-31(25-51)30-12-14-50(24-30)38-10-6-28(22-45-38)41-47-34-9-8-33(19-37(34)55-41)52-17-16-49(2)26-40(52)53/h7-11,19-23,27-28,30-31,35-36H,3-6,12-18,24-26,43H2,1-2H3. The van der Waals surface area contributed by atoms with Gasteiger partial charge in [0.1, 0.15) is 16.6 Å². The number of thioether (sulfide) groups is 1. The molecule has 2 N–H and O–H groups in total. The highest BCUT2D eigenvalue weighted by Gasteiger charge is 2.37. The summed E-state index contributed by atoms with van der Waals surface area (Å²) in [5.41, 5.74) is 10.2. The Morgan fingerprint density at radius 3 is 2.64 bits per heavy atom. The van der Waals surface area contributed by atoms with Crippen LogP contribution in [0.3, 0.4) is 0 Å². The predicted molar refractivity (Wildman–Crippen MR) is 228 cm³/mol. The quantitative estimate of drug-likeness (QED) is 0.270. The Labute approximate surface area is 332 Å². The summed E-state index contributed by atoms with van der Waals surface area (Å²) in [6.45, 7) is 6.34. The lowest BCUT2D eigenvalue weighted by Crippen LogP contribution is -2.48. The third-order valence-electron chi connectivity index (χ3n) is 12.6. The molecule has 1 aromatic carbocycles. The SMILES string of the molecule is CN=CC(=CN)C1CCCC2SC(c3ccc(N4CCC(C5CCN(C6=CCC(c7nc8ccc(N9CCN(C)CC9=O)cc8s7)C=N6)C5)C4)nc3)=NC2C1. The number of likely N-dealkylation sites (N-methyl/N-ethyl adjacent to an activating group) is 1. The van der Waals surface area contributed by atoms with E-state index >= 15 is 0 Å². The van der Waals surface area contributed by atoms with Crippen LogP contribution < -0.4 is 15.5 Å². The second-order valence-corrected chi connectivity index (χ2v) is 18.4. The maximum absolute atomic E-state index is 12.7. The first-order chi connectivity index (χ1) is 26.9. The minimum atomic E-state index is 0.155. The van der Waals surface area contributed by atoms with Gasteiger partial charge in [-0.15, -0.1) is 23.1 Å². The number of rotatable bonds is 8. The Kier molecular flexibility index (Phi) is 10.5. The molecule has 0 bridgehead atoms. The van der Waals surface area contributed by atoms with Crippen molar-refractivity contribution in [1.29, 1.82) is 0 Å². The van der Waals surface area contributed by atoms with E-state index < -0.39 is 0 Å². The van der Waals surface area contributed by atoms with Gasteiger partial charge in [0.15, 0.2) is 0 Å². The van der Waals surface area contributed by atoms with E-state index in [-0.39, 0.29) is 11.8 Å². The number of nitrogens with zero attached hydrogens (tertiary/aromatic N) is 9. The number of fused-ring (bicyclic) bond motifs is 2. The van der Waals surface area contributed by atoms with Gasteiger partial charge in [0.2, 0.25) is 5.91 Å². The summed E-state index contributed by atoms with van der Waals surface area (Å²) >= 11 is 3.67. The van der Waals surface area contributed by atoms with Crippen molar-refractivity contribution in [2.24, 2.45) is 38.5 Å². The van der Waals surface area contributed by atoms with Crippen LogP contribution in [0.15, 0.2) is 75.2 Å². The molecular weight excluding hydrogens is 725 g/mol. The van der Waals surface area contributed by atoms with Crippen LogP contribution in [0, 0.1) is 17.8 Å². The fourth-order valence-electron chi connectivity index (χ4n) is 9.46.